The predicted molar refractivity (Wildman–Crippen MR) is 134 cm³/mol. The van der Waals surface area contributed by atoms with E-state index in [0.717, 1.165) is 41.4 Å². The van der Waals surface area contributed by atoms with Crippen LogP contribution in [0.2, 0.25) is 0 Å². The molecule has 3 aliphatic rings. The van der Waals surface area contributed by atoms with E-state index in [1.165, 1.54) is 18.4 Å². The maximum atomic E-state index is 11.7. The highest BCUT2D eigenvalue weighted by Gasteiger charge is 2.54. The largest absolute Gasteiger partial charge is 0.491 e. The number of rotatable bonds is 8. The topological polar surface area (TPSA) is 94.5 Å². The molecule has 2 aromatic heterocycles. The number of aromatic nitrogens is 2. The van der Waals surface area contributed by atoms with Crippen LogP contribution in [0.25, 0.3) is 17.3 Å². The van der Waals surface area contributed by atoms with Crippen molar-refractivity contribution < 1.29 is 14.1 Å². The van der Waals surface area contributed by atoms with Crippen molar-refractivity contribution in [2.45, 2.75) is 32.6 Å². The van der Waals surface area contributed by atoms with Crippen LogP contribution in [0.4, 0.5) is 5.69 Å². The highest BCUT2D eigenvalue weighted by molar-refractivity contribution is 5.94. The number of allylic oxidation sites excluding steroid dienone is 1. The smallest absolute Gasteiger partial charge is 0.271 e. The molecule has 2 aliphatic carbocycles. The lowest BCUT2D eigenvalue weighted by molar-refractivity contribution is 0.0991. The zero-order chi connectivity index (χ0) is 24.1. The molecule has 2 unspecified atom stereocenters. The van der Waals surface area contributed by atoms with Crippen molar-refractivity contribution in [3.05, 3.63) is 65.2 Å². The molecule has 1 amide bonds. The van der Waals surface area contributed by atoms with Crippen molar-refractivity contribution >= 4 is 17.7 Å². The standard InChI is InChI=1S/C28H30N4O3/c1-3-34-24-12-18(13-30-26(24)28(29)33)32-14-22-20(23(22)15-32)10-11-21-25(19-7-5-4-6-16(19)2)31-35-27(21)17-8-9-17/h4-7,10-13,17,20,22-23H,3,8-9,14-15H2,1-2H3,(H2,29,33)/b11-10+. The van der Waals surface area contributed by atoms with Gasteiger partial charge in [0.05, 0.1) is 18.5 Å². The summed E-state index contributed by atoms with van der Waals surface area (Å²) in [6.45, 7) is 6.39. The average Bonchev–Trinajstić information content (AvgIpc) is 3.71. The number of ether oxygens (including phenoxy) is 1. The van der Waals surface area contributed by atoms with Gasteiger partial charge in [-0.3, -0.25) is 4.79 Å². The molecule has 0 spiro atoms. The number of pyridine rings is 1. The number of nitrogens with zero attached hydrogens (tertiary/aromatic N) is 3. The quantitative estimate of drug-likeness (QED) is 0.507. The van der Waals surface area contributed by atoms with E-state index < -0.39 is 5.91 Å². The Balaban J connectivity index is 1.18. The molecule has 0 bridgehead atoms. The predicted octanol–water partition coefficient (Wildman–Crippen LogP) is 4.82. The number of anilines is 1. The van der Waals surface area contributed by atoms with Gasteiger partial charge in [0.1, 0.15) is 11.5 Å². The van der Waals surface area contributed by atoms with E-state index in [4.69, 9.17) is 15.0 Å². The first-order chi connectivity index (χ1) is 17.0. The maximum Gasteiger partial charge on any atom is 0.271 e. The number of aryl methyl sites for hydroxylation is 1. The fourth-order valence-corrected chi connectivity index (χ4v) is 5.48. The molecule has 0 radical (unpaired) electrons. The van der Waals surface area contributed by atoms with Crippen LogP contribution in [-0.4, -0.2) is 35.7 Å². The van der Waals surface area contributed by atoms with Crippen LogP contribution in [0.3, 0.4) is 0 Å². The fourth-order valence-electron chi connectivity index (χ4n) is 5.48. The Bertz CT molecular complexity index is 1300. The highest BCUT2D eigenvalue weighted by atomic mass is 16.5. The summed E-state index contributed by atoms with van der Waals surface area (Å²) in [4.78, 5) is 18.3. The van der Waals surface area contributed by atoms with Gasteiger partial charge in [-0.05, 0) is 50.0 Å². The van der Waals surface area contributed by atoms with Gasteiger partial charge < -0.3 is 19.9 Å². The molecule has 2 N–H and O–H groups in total. The summed E-state index contributed by atoms with van der Waals surface area (Å²) in [6.07, 6.45) is 8.71. The second-order valence-electron chi connectivity index (χ2n) is 9.90. The van der Waals surface area contributed by atoms with E-state index in [0.29, 0.717) is 36.0 Å². The van der Waals surface area contributed by atoms with E-state index >= 15 is 0 Å². The van der Waals surface area contributed by atoms with Crippen LogP contribution in [0.15, 0.2) is 47.1 Å². The number of benzene rings is 1. The lowest BCUT2D eigenvalue weighted by atomic mass is 9.99. The van der Waals surface area contributed by atoms with Crippen LogP contribution >= 0.6 is 0 Å². The Morgan fingerprint density at radius 1 is 1.26 bits per heavy atom. The molecule has 3 fully saturated rings. The number of carbonyl (C=O) groups is 1. The van der Waals surface area contributed by atoms with Gasteiger partial charge in [0.15, 0.2) is 11.4 Å². The fraction of sp³-hybridized carbons (Fsp3) is 0.393. The molecule has 7 heteroatoms. The van der Waals surface area contributed by atoms with Gasteiger partial charge in [-0.15, -0.1) is 0 Å². The summed E-state index contributed by atoms with van der Waals surface area (Å²) in [6, 6.07) is 10.2. The summed E-state index contributed by atoms with van der Waals surface area (Å²) >= 11 is 0. The number of hydrogen-bond donors (Lipinski definition) is 1. The second kappa shape index (κ2) is 8.56. The minimum atomic E-state index is -0.571. The van der Waals surface area contributed by atoms with Gasteiger partial charge in [0.2, 0.25) is 0 Å². The van der Waals surface area contributed by atoms with Crippen LogP contribution in [-0.2, 0) is 0 Å². The van der Waals surface area contributed by atoms with Crippen molar-refractivity contribution in [1.29, 1.82) is 0 Å². The third-order valence-electron chi connectivity index (χ3n) is 7.59. The van der Waals surface area contributed by atoms with Gasteiger partial charge in [0, 0.05) is 36.2 Å². The number of hydrogen-bond acceptors (Lipinski definition) is 6. The lowest BCUT2D eigenvalue weighted by Gasteiger charge is -2.22. The summed E-state index contributed by atoms with van der Waals surface area (Å²) < 4.78 is 11.5. The van der Waals surface area contributed by atoms with Crippen molar-refractivity contribution in [1.82, 2.24) is 10.1 Å². The number of nitrogens with two attached hydrogens (primary N) is 1. The SMILES string of the molecule is CCOc1cc(N2CC3C(/C=C/c4c(-c5ccccc5C)noc4C4CC4)C3C2)cnc1C(N)=O. The summed E-state index contributed by atoms with van der Waals surface area (Å²) in [5, 5.41) is 4.49. The van der Waals surface area contributed by atoms with E-state index in [-0.39, 0.29) is 5.69 Å². The van der Waals surface area contributed by atoms with Crippen molar-refractivity contribution in [2.24, 2.45) is 23.5 Å². The third kappa shape index (κ3) is 3.99. The number of carbonyl (C=O) groups excluding carboxylic acids is 1. The van der Waals surface area contributed by atoms with Crippen molar-refractivity contribution in [3.63, 3.8) is 0 Å². The Morgan fingerprint density at radius 2 is 2.03 bits per heavy atom. The zero-order valence-corrected chi connectivity index (χ0v) is 20.1. The normalized spacial score (nSPS) is 23.0. The van der Waals surface area contributed by atoms with Crippen LogP contribution < -0.4 is 15.4 Å². The van der Waals surface area contributed by atoms with Gasteiger partial charge in [-0.1, -0.05) is 41.6 Å². The van der Waals surface area contributed by atoms with E-state index in [1.807, 2.05) is 13.0 Å². The van der Waals surface area contributed by atoms with E-state index in [1.54, 1.807) is 6.20 Å². The highest BCUT2D eigenvalue weighted by Crippen LogP contribution is 2.54. The molecule has 35 heavy (non-hydrogen) atoms. The number of fused-ring (bicyclic) bond motifs is 1. The van der Waals surface area contributed by atoms with E-state index in [2.05, 4.69) is 58.4 Å². The van der Waals surface area contributed by atoms with Crippen LogP contribution in [0.1, 0.15) is 53.1 Å². The van der Waals surface area contributed by atoms with E-state index in [9.17, 15) is 4.79 Å². The molecule has 2 saturated carbocycles. The van der Waals surface area contributed by atoms with Crippen LogP contribution in [0, 0.1) is 24.7 Å². The molecule has 1 aromatic carbocycles. The van der Waals surface area contributed by atoms with Crippen molar-refractivity contribution in [3.8, 4) is 17.0 Å². The molecule has 1 aliphatic heterocycles. The Morgan fingerprint density at radius 3 is 2.71 bits per heavy atom. The van der Waals surface area contributed by atoms with Gasteiger partial charge in [0.25, 0.3) is 5.91 Å². The molecule has 2 atom stereocenters. The first-order valence-electron chi connectivity index (χ1n) is 12.5. The summed E-state index contributed by atoms with van der Waals surface area (Å²) in [5.41, 5.74) is 11.1. The number of piperidine rings is 1. The Labute approximate surface area is 205 Å². The molecular formula is C28H30N4O3. The lowest BCUT2D eigenvalue weighted by Crippen LogP contribution is -2.24. The molecule has 1 saturated heterocycles. The Hall–Kier alpha value is -3.61. The molecule has 180 valence electrons. The molecular weight excluding hydrogens is 440 g/mol. The second-order valence-corrected chi connectivity index (χ2v) is 9.90. The van der Waals surface area contributed by atoms with Gasteiger partial charge >= 0.3 is 0 Å². The number of amides is 1. The van der Waals surface area contributed by atoms with Crippen LogP contribution in [0.5, 0.6) is 5.75 Å². The Kier molecular flexibility index (Phi) is 5.35. The average molecular weight is 471 g/mol. The minimum absolute atomic E-state index is 0.186. The number of primary amides is 1. The third-order valence-corrected chi connectivity index (χ3v) is 7.59. The van der Waals surface area contributed by atoms with Crippen molar-refractivity contribution in [2.75, 3.05) is 24.6 Å². The minimum Gasteiger partial charge on any atom is -0.491 e. The van der Waals surface area contributed by atoms with Gasteiger partial charge in [-0.2, -0.15) is 0 Å². The molecule has 3 heterocycles. The molecule has 7 nitrogen and oxygen atoms in total. The first-order valence-corrected chi connectivity index (χ1v) is 12.5. The summed E-state index contributed by atoms with van der Waals surface area (Å²) in [5.74, 6) is 3.22. The molecule has 6 rings (SSSR count). The monoisotopic (exact) mass is 470 g/mol. The van der Waals surface area contributed by atoms with Gasteiger partial charge in [-0.25, -0.2) is 4.98 Å². The summed E-state index contributed by atoms with van der Waals surface area (Å²) in [7, 11) is 0. The molecule has 3 aromatic rings. The first kappa shape index (κ1) is 21.9. The zero-order valence-electron chi connectivity index (χ0n) is 20.1. The maximum absolute atomic E-state index is 11.7.